The first-order valence-electron chi connectivity index (χ1n) is 4.47. The summed E-state index contributed by atoms with van der Waals surface area (Å²) in [7, 11) is 0. The summed E-state index contributed by atoms with van der Waals surface area (Å²) in [5, 5.41) is 19.1. The lowest BCUT2D eigenvalue weighted by atomic mass is 10.0. The van der Waals surface area contributed by atoms with E-state index in [2.05, 4.69) is 4.98 Å². The molecule has 92 valence electrons. The van der Waals surface area contributed by atoms with Gasteiger partial charge in [-0.3, -0.25) is 19.9 Å². The molecule has 0 aliphatic carbocycles. The van der Waals surface area contributed by atoms with E-state index in [1.807, 2.05) is 0 Å². The first-order valence-corrected chi connectivity index (χ1v) is 4.47. The molecule has 1 heterocycles. The summed E-state index contributed by atoms with van der Waals surface area (Å²) in [5.41, 5.74) is -1.98. The number of pyridine rings is 1. The number of carbonyl (C=O) groups is 1. The largest absolute Gasteiger partial charge is 0.481 e. The summed E-state index contributed by atoms with van der Waals surface area (Å²) in [5.74, 6) is -1.35. The summed E-state index contributed by atoms with van der Waals surface area (Å²) in [6.45, 7) is 1.33. The quantitative estimate of drug-likeness (QED) is 0.646. The fraction of sp³-hybridized carbons (Fsp3) is 0.333. The minimum atomic E-state index is -3.12. The Labute approximate surface area is 94.1 Å². The minimum Gasteiger partial charge on any atom is -0.481 e. The maximum Gasteiger partial charge on any atom is 0.307 e. The van der Waals surface area contributed by atoms with E-state index < -0.39 is 35.0 Å². The van der Waals surface area contributed by atoms with Crippen LogP contribution in [0.4, 0.5) is 14.5 Å². The zero-order valence-electron chi connectivity index (χ0n) is 8.68. The highest BCUT2D eigenvalue weighted by molar-refractivity contribution is 5.72. The third kappa shape index (κ3) is 2.71. The van der Waals surface area contributed by atoms with Crippen LogP contribution in [0.1, 0.15) is 23.2 Å². The van der Waals surface area contributed by atoms with Gasteiger partial charge in [-0.2, -0.15) is 0 Å². The van der Waals surface area contributed by atoms with Crippen molar-refractivity contribution in [1.82, 2.24) is 4.98 Å². The molecule has 0 saturated heterocycles. The summed E-state index contributed by atoms with van der Waals surface area (Å²) in [6.07, 6.45) is -3.13. The number of alkyl halides is 2. The van der Waals surface area contributed by atoms with Crippen LogP contribution in [0, 0.1) is 17.0 Å². The number of halogens is 2. The van der Waals surface area contributed by atoms with Crippen molar-refractivity contribution in [1.29, 1.82) is 0 Å². The van der Waals surface area contributed by atoms with Crippen LogP contribution >= 0.6 is 0 Å². The zero-order valence-corrected chi connectivity index (χ0v) is 8.68. The number of aromatic nitrogens is 1. The first-order chi connectivity index (χ1) is 7.84. The smallest absolute Gasteiger partial charge is 0.307 e. The zero-order chi connectivity index (χ0) is 13.2. The molecule has 17 heavy (non-hydrogen) atoms. The number of hydrogen-bond donors (Lipinski definition) is 1. The van der Waals surface area contributed by atoms with Gasteiger partial charge in [-0.1, -0.05) is 0 Å². The van der Waals surface area contributed by atoms with Crippen molar-refractivity contribution in [3.8, 4) is 0 Å². The van der Waals surface area contributed by atoms with Crippen molar-refractivity contribution in [3.63, 3.8) is 0 Å². The molecule has 0 radical (unpaired) electrons. The summed E-state index contributed by atoms with van der Waals surface area (Å²) in [6, 6.07) is 0. The van der Waals surface area contributed by atoms with Crippen LogP contribution in [-0.2, 0) is 11.2 Å². The second-order valence-electron chi connectivity index (χ2n) is 3.25. The maximum atomic E-state index is 12.8. The Morgan fingerprint density at radius 2 is 2.24 bits per heavy atom. The molecule has 0 atom stereocenters. The van der Waals surface area contributed by atoms with Gasteiger partial charge in [0.2, 0.25) is 0 Å². The Hall–Kier alpha value is -2.12. The highest BCUT2D eigenvalue weighted by Gasteiger charge is 2.28. The van der Waals surface area contributed by atoms with E-state index in [1.54, 1.807) is 0 Å². The predicted octanol–water partition coefficient (Wildman–Crippen LogP) is 1.86. The van der Waals surface area contributed by atoms with Crippen LogP contribution in [0.2, 0.25) is 0 Å². The van der Waals surface area contributed by atoms with Gasteiger partial charge in [0.05, 0.1) is 11.3 Å². The van der Waals surface area contributed by atoms with E-state index in [9.17, 15) is 23.7 Å². The van der Waals surface area contributed by atoms with Crippen molar-refractivity contribution in [2.75, 3.05) is 0 Å². The van der Waals surface area contributed by atoms with E-state index >= 15 is 0 Å². The average Bonchev–Trinajstić information content (AvgIpc) is 2.19. The topological polar surface area (TPSA) is 93.3 Å². The second-order valence-corrected chi connectivity index (χ2v) is 3.25. The number of hydrogen-bond acceptors (Lipinski definition) is 4. The fourth-order valence-corrected chi connectivity index (χ4v) is 1.42. The Morgan fingerprint density at radius 3 is 2.65 bits per heavy atom. The molecule has 1 aromatic rings. The molecule has 0 fully saturated rings. The van der Waals surface area contributed by atoms with Gasteiger partial charge in [0, 0.05) is 11.3 Å². The molecule has 8 heteroatoms. The van der Waals surface area contributed by atoms with Crippen molar-refractivity contribution < 1.29 is 23.6 Å². The summed E-state index contributed by atoms with van der Waals surface area (Å²) in [4.78, 5) is 23.7. The molecule has 6 nitrogen and oxygen atoms in total. The van der Waals surface area contributed by atoms with Crippen molar-refractivity contribution >= 4 is 11.7 Å². The van der Waals surface area contributed by atoms with Crippen LogP contribution in [0.5, 0.6) is 0 Å². The van der Waals surface area contributed by atoms with Crippen LogP contribution in [0.15, 0.2) is 6.20 Å². The van der Waals surface area contributed by atoms with Crippen molar-refractivity contribution in [2.24, 2.45) is 0 Å². The van der Waals surface area contributed by atoms with E-state index in [-0.39, 0.29) is 11.3 Å². The van der Waals surface area contributed by atoms with Gasteiger partial charge >= 0.3 is 5.97 Å². The standard InChI is InChI=1S/C9H8F2N2O4/c1-4-5(2-7(14)15)8(9(10)11)6(3-12-4)13(16)17/h3,9H,2H2,1H3,(H,14,15). The number of carboxylic acid groups (broad SMARTS) is 1. The lowest BCUT2D eigenvalue weighted by molar-refractivity contribution is -0.386. The highest BCUT2D eigenvalue weighted by Crippen LogP contribution is 2.32. The predicted molar refractivity (Wildman–Crippen MR) is 51.9 cm³/mol. The molecule has 1 aromatic heterocycles. The number of rotatable bonds is 4. The SMILES string of the molecule is Cc1ncc([N+](=O)[O-])c(C(F)F)c1CC(=O)O. The molecule has 0 bridgehead atoms. The number of nitro groups is 1. The third-order valence-electron chi connectivity index (χ3n) is 2.16. The molecule has 1 N–H and O–H groups in total. The van der Waals surface area contributed by atoms with Crippen molar-refractivity contribution in [2.45, 2.75) is 19.8 Å². The Balaban J connectivity index is 3.48. The molecule has 0 aliphatic rings. The highest BCUT2D eigenvalue weighted by atomic mass is 19.3. The molecule has 0 amide bonds. The Morgan fingerprint density at radius 1 is 1.65 bits per heavy atom. The Bertz CT molecular complexity index is 476. The van der Waals surface area contributed by atoms with Crippen LogP contribution in [-0.4, -0.2) is 21.0 Å². The van der Waals surface area contributed by atoms with Gasteiger partial charge in [-0.05, 0) is 6.92 Å². The number of carboxylic acids is 1. The van der Waals surface area contributed by atoms with Gasteiger partial charge in [-0.25, -0.2) is 8.78 Å². The first kappa shape index (κ1) is 12.9. The molecule has 0 spiro atoms. The van der Waals surface area contributed by atoms with E-state index in [4.69, 9.17) is 5.11 Å². The lowest BCUT2D eigenvalue weighted by Gasteiger charge is -2.09. The van der Waals surface area contributed by atoms with E-state index in [0.29, 0.717) is 6.20 Å². The van der Waals surface area contributed by atoms with Gasteiger partial charge < -0.3 is 5.11 Å². The Kier molecular flexibility index (Phi) is 3.66. The summed E-state index contributed by atoms with van der Waals surface area (Å²) < 4.78 is 25.5. The average molecular weight is 246 g/mol. The van der Waals surface area contributed by atoms with Gasteiger partial charge in [0.1, 0.15) is 11.8 Å². The molecular formula is C9H8F2N2O4. The van der Waals surface area contributed by atoms with E-state index in [1.165, 1.54) is 6.92 Å². The van der Waals surface area contributed by atoms with Crippen LogP contribution in [0.3, 0.4) is 0 Å². The van der Waals surface area contributed by atoms with Crippen LogP contribution in [0.25, 0.3) is 0 Å². The fourth-order valence-electron chi connectivity index (χ4n) is 1.42. The normalized spacial score (nSPS) is 10.6. The number of aliphatic carboxylic acids is 1. The maximum absolute atomic E-state index is 12.8. The molecule has 0 unspecified atom stereocenters. The number of nitrogens with zero attached hydrogens (tertiary/aromatic N) is 2. The molecular weight excluding hydrogens is 238 g/mol. The summed E-state index contributed by atoms with van der Waals surface area (Å²) >= 11 is 0. The lowest BCUT2D eigenvalue weighted by Crippen LogP contribution is -2.10. The van der Waals surface area contributed by atoms with Gasteiger partial charge in [-0.15, -0.1) is 0 Å². The van der Waals surface area contributed by atoms with Gasteiger partial charge in [0.15, 0.2) is 0 Å². The molecule has 0 saturated carbocycles. The molecule has 0 aliphatic heterocycles. The third-order valence-corrected chi connectivity index (χ3v) is 2.16. The number of aryl methyl sites for hydroxylation is 1. The second kappa shape index (κ2) is 4.81. The van der Waals surface area contributed by atoms with Crippen molar-refractivity contribution in [3.05, 3.63) is 33.1 Å². The minimum absolute atomic E-state index is 0.0494. The molecule has 0 aromatic carbocycles. The molecule has 1 rings (SSSR count). The van der Waals surface area contributed by atoms with E-state index in [0.717, 1.165) is 0 Å². The van der Waals surface area contributed by atoms with Gasteiger partial charge in [0.25, 0.3) is 12.1 Å². The van der Waals surface area contributed by atoms with Crippen LogP contribution < -0.4 is 0 Å². The monoisotopic (exact) mass is 246 g/mol.